The molecule has 0 aromatic rings. The summed E-state index contributed by atoms with van der Waals surface area (Å²) in [6, 6.07) is 0. The molecule has 0 aliphatic carbocycles. The first-order chi connectivity index (χ1) is 4.06. The van der Waals surface area contributed by atoms with Crippen LogP contribution in [-0.4, -0.2) is 31.5 Å². The Bertz CT molecular complexity index is 110. The maximum atomic E-state index is 8.63. The summed E-state index contributed by atoms with van der Waals surface area (Å²) in [4.78, 5) is 17.3. The second-order valence-electron chi connectivity index (χ2n) is 1.68. The Balaban J connectivity index is 3.18. The van der Waals surface area contributed by atoms with Gasteiger partial charge in [-0.1, -0.05) is 0 Å². The summed E-state index contributed by atoms with van der Waals surface area (Å²) >= 11 is 2.18. The van der Waals surface area contributed by atoms with Crippen LogP contribution in [0.25, 0.3) is 0 Å². The van der Waals surface area contributed by atoms with Gasteiger partial charge in [-0.15, -0.1) is 0 Å². The van der Waals surface area contributed by atoms with Crippen LogP contribution in [0.1, 0.15) is 19.8 Å². The molecule has 56 valence electrons. The van der Waals surface area contributed by atoms with Gasteiger partial charge in [0.2, 0.25) is 0 Å². The van der Waals surface area contributed by atoms with Crippen LogP contribution in [0.2, 0.25) is 0 Å². The first kappa shape index (κ1) is 9.83. The Labute approximate surface area is 62.5 Å². The van der Waals surface area contributed by atoms with E-state index >= 15 is 0 Å². The van der Waals surface area contributed by atoms with Gasteiger partial charge in [-0.25, -0.2) is 0 Å². The second-order valence-corrected chi connectivity index (χ2v) is 5.91. The quantitative estimate of drug-likeness (QED) is 0.412. The Morgan fingerprint density at radius 2 is 2.11 bits per heavy atom. The van der Waals surface area contributed by atoms with Crippen LogP contribution in [0.3, 0.4) is 0 Å². The molecule has 0 saturated heterocycles. The van der Waals surface area contributed by atoms with E-state index in [0.29, 0.717) is 6.61 Å². The Morgan fingerprint density at radius 1 is 1.56 bits per heavy atom. The van der Waals surface area contributed by atoms with Crippen LogP contribution in [0.4, 0.5) is 0 Å². The molecule has 0 bridgehead atoms. The maximum absolute atomic E-state index is 8.63. The zero-order valence-corrected chi connectivity index (χ0v) is 7.89. The van der Waals surface area contributed by atoms with E-state index in [9.17, 15) is 0 Å². The fraction of sp³-hybridized carbons (Fsp3) is 1.00. The molecule has 0 unspecified atom stereocenters. The topological polar surface area (TPSA) is 49.7 Å². The van der Waals surface area contributed by atoms with Crippen LogP contribution in [0.15, 0.2) is 0 Å². The van der Waals surface area contributed by atoms with E-state index in [-0.39, 0.29) is 0 Å². The minimum absolute atomic E-state index is 0.421. The molecule has 0 amide bonds. The molecule has 2 N–H and O–H groups in total. The van der Waals surface area contributed by atoms with Gasteiger partial charge in [0, 0.05) is 0 Å². The molecule has 0 heterocycles. The Kier molecular flexibility index (Phi) is 5.04. The Morgan fingerprint density at radius 3 is 2.44 bits per heavy atom. The molecule has 0 aromatic carbocycles. The van der Waals surface area contributed by atoms with E-state index in [0.717, 1.165) is 12.8 Å². The predicted octanol–water partition coefficient (Wildman–Crippen LogP) is 0.634. The molecule has 0 aliphatic heterocycles. The molecule has 3 nitrogen and oxygen atoms in total. The van der Waals surface area contributed by atoms with Gasteiger partial charge in [-0.3, -0.25) is 0 Å². The number of hydrogen-bond acceptors (Lipinski definition) is 3. The average Bonchev–Trinajstić information content (AvgIpc) is 1.63. The average molecular weight is 217 g/mol. The summed E-state index contributed by atoms with van der Waals surface area (Å²) in [7, 11) is 0. The van der Waals surface area contributed by atoms with Crippen molar-refractivity contribution >= 4 is 21.3 Å². The normalized spacial score (nSPS) is 11.9. The fourth-order valence-corrected chi connectivity index (χ4v) is 1.16. The van der Waals surface area contributed by atoms with Gasteiger partial charge < -0.3 is 0 Å². The molecular formula is C4H11O3PSe. The zero-order valence-electron chi connectivity index (χ0n) is 5.28. The number of rotatable bonds is 4. The summed E-state index contributed by atoms with van der Waals surface area (Å²) in [6.07, 6.45) is -1.20. The van der Waals surface area contributed by atoms with Gasteiger partial charge in [-0.2, -0.15) is 0 Å². The first-order valence-electron chi connectivity index (χ1n) is 2.76. The molecule has 0 radical (unpaired) electrons. The third kappa shape index (κ3) is 8.83. The van der Waals surface area contributed by atoms with Crippen molar-refractivity contribution in [1.82, 2.24) is 0 Å². The molecule has 5 heteroatoms. The summed E-state index contributed by atoms with van der Waals surface area (Å²) in [6.45, 7) is 2.43. The molecule has 0 fully saturated rings. The minimum atomic E-state index is -3.07. The number of unbranched alkanes of at least 4 members (excludes halogenated alkanes) is 1. The van der Waals surface area contributed by atoms with Gasteiger partial charge in [0.1, 0.15) is 0 Å². The molecule has 0 atom stereocenters. The van der Waals surface area contributed by atoms with Gasteiger partial charge in [0.25, 0.3) is 0 Å². The van der Waals surface area contributed by atoms with Crippen molar-refractivity contribution in [2.24, 2.45) is 0 Å². The SMILES string of the molecule is CCCCOP(O)(O)=[Se]. The van der Waals surface area contributed by atoms with Gasteiger partial charge in [-0.05, 0) is 0 Å². The monoisotopic (exact) mass is 218 g/mol. The van der Waals surface area contributed by atoms with Gasteiger partial charge in [0.05, 0.1) is 0 Å². The van der Waals surface area contributed by atoms with Crippen LogP contribution in [-0.2, 0) is 4.52 Å². The standard InChI is InChI=1S/C4H11O3PSe/c1-2-3-4-7-8(5,6)9/h2-4H2,1H3,(H2,5,6,9). The number of hydrogen-bond donors (Lipinski definition) is 2. The van der Waals surface area contributed by atoms with Crippen molar-refractivity contribution in [2.75, 3.05) is 6.61 Å². The third-order valence-electron chi connectivity index (χ3n) is 0.757. The van der Waals surface area contributed by atoms with E-state index in [4.69, 9.17) is 9.79 Å². The van der Waals surface area contributed by atoms with Crippen molar-refractivity contribution in [3.8, 4) is 0 Å². The fourth-order valence-electron chi connectivity index (χ4n) is 0.328. The molecule has 0 saturated carbocycles. The van der Waals surface area contributed by atoms with Crippen molar-refractivity contribution in [1.29, 1.82) is 0 Å². The van der Waals surface area contributed by atoms with E-state index < -0.39 is 6.19 Å². The van der Waals surface area contributed by atoms with Crippen LogP contribution in [0, 0.1) is 0 Å². The van der Waals surface area contributed by atoms with E-state index in [1.165, 1.54) is 0 Å². The van der Waals surface area contributed by atoms with Crippen molar-refractivity contribution in [3.63, 3.8) is 0 Å². The predicted molar refractivity (Wildman–Crippen MR) is 38.0 cm³/mol. The molecule has 0 rings (SSSR count). The molecular weight excluding hydrogens is 206 g/mol. The summed E-state index contributed by atoms with van der Waals surface area (Å²) in [5.41, 5.74) is 0. The molecule has 0 aliphatic rings. The first-order valence-corrected chi connectivity index (χ1v) is 6.59. The summed E-state index contributed by atoms with van der Waals surface area (Å²) in [5.74, 6) is 0. The zero-order chi connectivity index (χ0) is 7.33. The van der Waals surface area contributed by atoms with Crippen LogP contribution in [0.5, 0.6) is 0 Å². The summed E-state index contributed by atoms with van der Waals surface area (Å²) < 4.78 is 4.64. The van der Waals surface area contributed by atoms with E-state index in [1.54, 1.807) is 0 Å². The van der Waals surface area contributed by atoms with Crippen LogP contribution < -0.4 is 0 Å². The molecule has 9 heavy (non-hydrogen) atoms. The van der Waals surface area contributed by atoms with Gasteiger partial charge in [0.15, 0.2) is 0 Å². The van der Waals surface area contributed by atoms with E-state index in [1.807, 2.05) is 6.92 Å². The summed E-state index contributed by atoms with van der Waals surface area (Å²) in [5, 5.41) is 0. The molecule has 0 aromatic heterocycles. The van der Waals surface area contributed by atoms with Gasteiger partial charge >= 0.3 is 62.0 Å². The molecule has 0 spiro atoms. The van der Waals surface area contributed by atoms with Crippen molar-refractivity contribution in [3.05, 3.63) is 0 Å². The van der Waals surface area contributed by atoms with Crippen molar-refractivity contribution < 1.29 is 14.3 Å². The van der Waals surface area contributed by atoms with Crippen LogP contribution >= 0.6 is 6.19 Å². The Hall–Kier alpha value is 0.829. The second kappa shape index (κ2) is 4.62. The van der Waals surface area contributed by atoms with E-state index in [2.05, 4.69) is 19.6 Å². The third-order valence-corrected chi connectivity index (χ3v) is 1.94. The van der Waals surface area contributed by atoms with Crippen molar-refractivity contribution in [2.45, 2.75) is 19.8 Å².